The van der Waals surface area contributed by atoms with Crippen LogP contribution in [0, 0.1) is 5.41 Å². The zero-order chi connectivity index (χ0) is 14.5. The number of hydrogen-bond acceptors (Lipinski definition) is 4. The van der Waals surface area contributed by atoms with Crippen LogP contribution in [0.4, 0.5) is 0 Å². The summed E-state index contributed by atoms with van der Waals surface area (Å²) in [5, 5.41) is 9.66. The van der Waals surface area contributed by atoms with Gasteiger partial charge in [-0.1, -0.05) is 25.4 Å². The van der Waals surface area contributed by atoms with E-state index >= 15 is 0 Å². The Balaban J connectivity index is 2.83. The summed E-state index contributed by atoms with van der Waals surface area (Å²) in [4.78, 5) is 3.81. The summed E-state index contributed by atoms with van der Waals surface area (Å²) in [5.41, 5.74) is -0.424. The minimum atomic E-state index is -3.62. The lowest BCUT2D eigenvalue weighted by atomic mass is 9.84. The number of nitrogens with one attached hydrogen (secondary N) is 1. The van der Waals surface area contributed by atoms with Gasteiger partial charge < -0.3 is 5.11 Å². The monoisotopic (exact) mass is 306 g/mol. The van der Waals surface area contributed by atoms with E-state index in [4.69, 9.17) is 11.6 Å². The van der Waals surface area contributed by atoms with Crippen molar-refractivity contribution in [3.8, 4) is 0 Å². The Bertz CT molecular complexity index is 490. The smallest absolute Gasteiger partial charge is 0.242 e. The van der Waals surface area contributed by atoms with Crippen LogP contribution in [0.15, 0.2) is 23.2 Å². The zero-order valence-corrected chi connectivity index (χ0v) is 12.6. The van der Waals surface area contributed by atoms with E-state index in [0.29, 0.717) is 12.8 Å². The van der Waals surface area contributed by atoms with Crippen molar-refractivity contribution in [1.82, 2.24) is 9.71 Å². The molecule has 0 radical (unpaired) electrons. The van der Waals surface area contributed by atoms with E-state index in [-0.39, 0.29) is 23.2 Å². The average Bonchev–Trinajstić information content (AvgIpc) is 2.41. The molecule has 5 nitrogen and oxygen atoms in total. The molecule has 0 spiro atoms. The van der Waals surface area contributed by atoms with Crippen LogP contribution in [-0.4, -0.2) is 31.7 Å². The Morgan fingerprint density at radius 2 is 2.00 bits per heavy atom. The first-order valence-electron chi connectivity index (χ1n) is 6.11. The molecule has 0 aliphatic carbocycles. The Labute approximate surface area is 119 Å². The predicted octanol–water partition coefficient (Wildman–Crippen LogP) is 1.81. The fourth-order valence-electron chi connectivity index (χ4n) is 1.63. The maximum absolute atomic E-state index is 12.1. The first kappa shape index (κ1) is 16.4. The molecule has 0 amide bonds. The normalized spacial score (nSPS) is 12.6. The van der Waals surface area contributed by atoms with Gasteiger partial charge in [0.15, 0.2) is 0 Å². The van der Waals surface area contributed by atoms with Gasteiger partial charge in [0.05, 0.1) is 0 Å². The highest BCUT2D eigenvalue weighted by molar-refractivity contribution is 7.89. The molecule has 0 saturated heterocycles. The van der Waals surface area contributed by atoms with Gasteiger partial charge in [-0.3, -0.25) is 0 Å². The summed E-state index contributed by atoms with van der Waals surface area (Å²) in [5.74, 6) is 0. The van der Waals surface area contributed by atoms with Gasteiger partial charge in [-0.2, -0.15) is 0 Å². The molecule has 0 atom stereocenters. The summed E-state index contributed by atoms with van der Waals surface area (Å²) in [6, 6.07) is 2.82. The van der Waals surface area contributed by atoms with Crippen LogP contribution in [0.1, 0.15) is 26.7 Å². The molecule has 0 fully saturated rings. The Morgan fingerprint density at radius 1 is 1.37 bits per heavy atom. The van der Waals surface area contributed by atoms with Crippen molar-refractivity contribution in [3.05, 3.63) is 23.5 Å². The molecule has 0 aliphatic rings. The quantitative estimate of drug-likeness (QED) is 0.753. The molecule has 108 valence electrons. The minimum absolute atomic E-state index is 0.0542. The van der Waals surface area contributed by atoms with E-state index < -0.39 is 15.4 Å². The highest BCUT2D eigenvalue weighted by atomic mass is 35.5. The van der Waals surface area contributed by atoms with E-state index in [2.05, 4.69) is 9.71 Å². The van der Waals surface area contributed by atoms with Gasteiger partial charge in [0.1, 0.15) is 10.0 Å². The van der Waals surface area contributed by atoms with Gasteiger partial charge in [0.2, 0.25) is 10.0 Å². The number of hydrogen-bond donors (Lipinski definition) is 2. The largest absolute Gasteiger partial charge is 0.396 e. The first-order chi connectivity index (χ1) is 8.89. The fraction of sp³-hybridized carbons (Fsp3) is 0.583. The molecular weight excluding hydrogens is 288 g/mol. The second-order valence-corrected chi connectivity index (χ2v) is 6.66. The molecule has 1 aromatic heterocycles. The number of aliphatic hydroxyl groups excluding tert-OH is 1. The van der Waals surface area contributed by atoms with E-state index in [9.17, 15) is 13.5 Å². The van der Waals surface area contributed by atoms with E-state index in [1.54, 1.807) is 0 Å². The minimum Gasteiger partial charge on any atom is -0.396 e. The van der Waals surface area contributed by atoms with Crippen LogP contribution in [0.2, 0.25) is 5.15 Å². The molecular formula is C12H19ClN2O3S. The van der Waals surface area contributed by atoms with Crippen molar-refractivity contribution in [1.29, 1.82) is 0 Å². The Hall–Kier alpha value is -0.690. The van der Waals surface area contributed by atoms with Crippen LogP contribution in [0.5, 0.6) is 0 Å². The molecule has 7 heteroatoms. The number of pyridine rings is 1. The lowest BCUT2D eigenvalue weighted by Crippen LogP contribution is -2.39. The number of nitrogens with zero attached hydrogens (tertiary/aromatic N) is 1. The summed E-state index contributed by atoms with van der Waals surface area (Å²) >= 11 is 5.62. The van der Waals surface area contributed by atoms with Crippen LogP contribution < -0.4 is 4.72 Å². The highest BCUT2D eigenvalue weighted by Crippen LogP contribution is 2.25. The molecule has 0 unspecified atom stereocenters. The summed E-state index contributed by atoms with van der Waals surface area (Å²) in [7, 11) is -3.62. The number of rotatable bonds is 7. The lowest BCUT2D eigenvalue weighted by Gasteiger charge is -2.29. The SMILES string of the molecule is CCC(CC)(CO)CNS(=O)(=O)c1ccc(Cl)nc1. The molecule has 0 saturated carbocycles. The van der Waals surface area contributed by atoms with Gasteiger partial charge in [0.25, 0.3) is 0 Å². The topological polar surface area (TPSA) is 79.3 Å². The van der Waals surface area contributed by atoms with Crippen molar-refractivity contribution in [2.24, 2.45) is 5.41 Å². The molecule has 1 heterocycles. The number of sulfonamides is 1. The molecule has 0 aliphatic heterocycles. The van der Waals surface area contributed by atoms with Crippen LogP contribution >= 0.6 is 11.6 Å². The maximum atomic E-state index is 12.1. The van der Waals surface area contributed by atoms with Crippen LogP contribution in [-0.2, 0) is 10.0 Å². The Morgan fingerprint density at radius 3 is 2.42 bits per heavy atom. The van der Waals surface area contributed by atoms with Crippen molar-refractivity contribution >= 4 is 21.6 Å². The molecule has 1 aromatic rings. The molecule has 1 rings (SSSR count). The van der Waals surface area contributed by atoms with Crippen LogP contribution in [0.3, 0.4) is 0 Å². The third kappa shape index (κ3) is 4.14. The maximum Gasteiger partial charge on any atom is 0.242 e. The van der Waals surface area contributed by atoms with Gasteiger partial charge in [-0.25, -0.2) is 18.1 Å². The fourth-order valence-corrected chi connectivity index (χ4v) is 2.85. The van der Waals surface area contributed by atoms with E-state index in [1.165, 1.54) is 18.3 Å². The summed E-state index contributed by atoms with van der Waals surface area (Å²) in [6.45, 7) is 4.00. The highest BCUT2D eigenvalue weighted by Gasteiger charge is 2.27. The summed E-state index contributed by atoms with van der Waals surface area (Å²) in [6.07, 6.45) is 2.60. The third-order valence-electron chi connectivity index (χ3n) is 3.48. The number of halogens is 1. The Kier molecular flexibility index (Phi) is 5.73. The third-order valence-corrected chi connectivity index (χ3v) is 5.09. The van der Waals surface area contributed by atoms with E-state index in [0.717, 1.165) is 0 Å². The first-order valence-corrected chi connectivity index (χ1v) is 7.97. The molecule has 19 heavy (non-hydrogen) atoms. The van der Waals surface area contributed by atoms with Crippen molar-refractivity contribution in [2.75, 3.05) is 13.2 Å². The zero-order valence-electron chi connectivity index (χ0n) is 11.1. The average molecular weight is 307 g/mol. The second kappa shape index (κ2) is 6.65. The molecule has 0 aromatic carbocycles. The second-order valence-electron chi connectivity index (χ2n) is 4.51. The molecule has 0 bridgehead atoms. The standard InChI is InChI=1S/C12H19ClN2O3S/c1-3-12(4-2,9-16)8-15-19(17,18)10-5-6-11(13)14-7-10/h5-7,15-16H,3-4,8-9H2,1-2H3. The van der Waals surface area contributed by atoms with Crippen molar-refractivity contribution < 1.29 is 13.5 Å². The summed E-state index contributed by atoms with van der Waals surface area (Å²) < 4.78 is 26.6. The molecule has 2 N–H and O–H groups in total. The number of aromatic nitrogens is 1. The number of aliphatic hydroxyl groups is 1. The van der Waals surface area contributed by atoms with Crippen LogP contribution in [0.25, 0.3) is 0 Å². The van der Waals surface area contributed by atoms with Gasteiger partial charge in [-0.15, -0.1) is 0 Å². The lowest BCUT2D eigenvalue weighted by molar-refractivity contribution is 0.119. The van der Waals surface area contributed by atoms with Crippen molar-refractivity contribution in [3.63, 3.8) is 0 Å². The van der Waals surface area contributed by atoms with Gasteiger partial charge >= 0.3 is 0 Å². The van der Waals surface area contributed by atoms with Crippen molar-refractivity contribution in [2.45, 2.75) is 31.6 Å². The van der Waals surface area contributed by atoms with E-state index in [1.807, 2.05) is 13.8 Å². The predicted molar refractivity (Wildman–Crippen MR) is 74.5 cm³/mol. The van der Waals surface area contributed by atoms with Gasteiger partial charge in [-0.05, 0) is 25.0 Å². The van der Waals surface area contributed by atoms with Gasteiger partial charge in [0, 0.05) is 24.8 Å².